The molecule has 0 amide bonds. The van der Waals surface area contributed by atoms with Crippen LogP contribution in [0.3, 0.4) is 0 Å². The van der Waals surface area contributed by atoms with Crippen molar-refractivity contribution in [1.82, 2.24) is 9.55 Å². The lowest BCUT2D eigenvalue weighted by atomic mass is 9.94. The highest BCUT2D eigenvalue weighted by Crippen LogP contribution is 2.39. The Labute approximate surface area is 170 Å². The van der Waals surface area contributed by atoms with Crippen molar-refractivity contribution in [2.75, 3.05) is 30.4 Å². The third-order valence-electron chi connectivity index (χ3n) is 5.57. The monoisotopic (exact) mass is 390 g/mol. The van der Waals surface area contributed by atoms with Crippen LogP contribution >= 0.6 is 0 Å². The Morgan fingerprint density at radius 2 is 1.83 bits per heavy atom. The van der Waals surface area contributed by atoms with E-state index in [2.05, 4.69) is 52.9 Å². The van der Waals surface area contributed by atoms with E-state index in [4.69, 9.17) is 9.72 Å². The maximum atomic E-state index is 12.7. The van der Waals surface area contributed by atoms with Crippen molar-refractivity contribution in [3.8, 4) is 0 Å². The Bertz CT molecular complexity index is 1080. The van der Waals surface area contributed by atoms with Crippen LogP contribution in [0.15, 0.2) is 59.8 Å². The number of imidazole rings is 1. The zero-order valence-corrected chi connectivity index (χ0v) is 17.3. The zero-order chi connectivity index (χ0) is 20.5. The molecule has 0 fully saturated rings. The van der Waals surface area contributed by atoms with E-state index in [0.29, 0.717) is 5.57 Å². The summed E-state index contributed by atoms with van der Waals surface area (Å²) in [6.07, 6.45) is 0. The first-order valence-corrected chi connectivity index (χ1v) is 9.97. The molecule has 1 N–H and O–H groups in total. The molecule has 6 heteroatoms. The number of anilines is 2. The smallest absolute Gasteiger partial charge is 0.337 e. The average Bonchev–Trinajstić information content (AvgIpc) is 3.11. The Hall–Kier alpha value is -3.28. The van der Waals surface area contributed by atoms with Gasteiger partial charge in [0.15, 0.2) is 0 Å². The minimum atomic E-state index is -0.337. The second kappa shape index (κ2) is 7.62. The van der Waals surface area contributed by atoms with E-state index in [0.717, 1.165) is 41.3 Å². The number of carbonyl (C=O) groups is 1. The second-order valence-corrected chi connectivity index (χ2v) is 7.12. The van der Waals surface area contributed by atoms with Gasteiger partial charge in [0, 0.05) is 24.5 Å². The van der Waals surface area contributed by atoms with Crippen molar-refractivity contribution in [1.29, 1.82) is 0 Å². The number of esters is 1. The normalized spacial score (nSPS) is 15.8. The summed E-state index contributed by atoms with van der Waals surface area (Å²) in [6, 6.07) is 16.1. The number of methoxy groups -OCH3 is 1. The van der Waals surface area contributed by atoms with E-state index in [-0.39, 0.29) is 12.0 Å². The third-order valence-corrected chi connectivity index (χ3v) is 5.57. The molecule has 1 aromatic heterocycles. The van der Waals surface area contributed by atoms with Gasteiger partial charge in [0.1, 0.15) is 0 Å². The van der Waals surface area contributed by atoms with E-state index in [1.54, 1.807) is 0 Å². The Morgan fingerprint density at radius 3 is 2.48 bits per heavy atom. The van der Waals surface area contributed by atoms with Crippen molar-refractivity contribution in [3.63, 3.8) is 0 Å². The predicted octanol–water partition coefficient (Wildman–Crippen LogP) is 4.34. The summed E-state index contributed by atoms with van der Waals surface area (Å²) >= 11 is 0. The molecule has 1 aliphatic heterocycles. The number of hydrogen-bond donors (Lipinski definition) is 1. The van der Waals surface area contributed by atoms with Crippen LogP contribution in [-0.2, 0) is 9.53 Å². The van der Waals surface area contributed by atoms with Crippen LogP contribution in [0.1, 0.15) is 32.4 Å². The number of nitrogens with one attached hydrogen (secondary N) is 1. The molecule has 0 radical (unpaired) electrons. The summed E-state index contributed by atoms with van der Waals surface area (Å²) < 4.78 is 7.22. The molecule has 2 aromatic carbocycles. The summed E-state index contributed by atoms with van der Waals surface area (Å²) in [7, 11) is 1.42. The average molecular weight is 390 g/mol. The van der Waals surface area contributed by atoms with Crippen LogP contribution in [0, 0.1) is 0 Å². The molecule has 0 saturated heterocycles. The van der Waals surface area contributed by atoms with E-state index in [9.17, 15) is 4.79 Å². The fourth-order valence-electron chi connectivity index (χ4n) is 4.11. The summed E-state index contributed by atoms with van der Waals surface area (Å²) in [5, 5.41) is 3.28. The lowest BCUT2D eigenvalue weighted by Gasteiger charge is -2.30. The van der Waals surface area contributed by atoms with E-state index in [1.165, 1.54) is 12.8 Å². The first-order chi connectivity index (χ1) is 14.1. The molecule has 29 heavy (non-hydrogen) atoms. The summed E-state index contributed by atoms with van der Waals surface area (Å²) in [6.45, 7) is 8.09. The molecule has 1 atom stereocenters. The van der Waals surface area contributed by atoms with Gasteiger partial charge in [-0.25, -0.2) is 9.78 Å². The molecule has 2 heterocycles. The maximum absolute atomic E-state index is 12.7. The number of rotatable bonds is 5. The minimum absolute atomic E-state index is 0.308. The summed E-state index contributed by atoms with van der Waals surface area (Å²) in [5.41, 5.74) is 5.41. The zero-order valence-electron chi connectivity index (χ0n) is 17.3. The van der Waals surface area contributed by atoms with Crippen LogP contribution in [0.4, 0.5) is 11.6 Å². The molecule has 4 rings (SSSR count). The fraction of sp³-hybridized carbons (Fsp3) is 0.304. The SMILES string of the molecule is CCN(CC)c1ccc([C@H]2C(C(=O)OC)=C(C)Nc3nc4ccccc4n32)cc1. The van der Waals surface area contributed by atoms with Crippen LogP contribution in [0.25, 0.3) is 11.0 Å². The molecule has 0 aliphatic carbocycles. The first kappa shape index (κ1) is 19.1. The second-order valence-electron chi connectivity index (χ2n) is 7.12. The highest BCUT2D eigenvalue weighted by Gasteiger charge is 2.34. The van der Waals surface area contributed by atoms with Crippen molar-refractivity contribution < 1.29 is 9.53 Å². The highest BCUT2D eigenvalue weighted by atomic mass is 16.5. The maximum Gasteiger partial charge on any atom is 0.337 e. The fourth-order valence-corrected chi connectivity index (χ4v) is 4.11. The molecular weight excluding hydrogens is 364 g/mol. The molecule has 0 unspecified atom stereocenters. The molecule has 0 spiro atoms. The van der Waals surface area contributed by atoms with Gasteiger partial charge in [0.25, 0.3) is 0 Å². The minimum Gasteiger partial charge on any atom is -0.466 e. The number of aromatic nitrogens is 2. The van der Waals surface area contributed by atoms with Crippen molar-refractivity contribution in [3.05, 3.63) is 65.4 Å². The van der Waals surface area contributed by atoms with Crippen LogP contribution in [0.5, 0.6) is 0 Å². The number of carbonyl (C=O) groups excluding carboxylic acids is 1. The lowest BCUT2D eigenvalue weighted by Crippen LogP contribution is -2.28. The van der Waals surface area contributed by atoms with Crippen LogP contribution in [0.2, 0.25) is 0 Å². The van der Waals surface area contributed by atoms with Gasteiger partial charge < -0.3 is 15.0 Å². The van der Waals surface area contributed by atoms with Crippen LogP contribution in [-0.4, -0.2) is 35.7 Å². The predicted molar refractivity (Wildman–Crippen MR) is 116 cm³/mol. The van der Waals surface area contributed by atoms with Gasteiger partial charge in [-0.3, -0.25) is 4.57 Å². The standard InChI is InChI=1S/C23H26N4O2/c1-5-26(6-2)17-13-11-16(12-14-17)21-20(22(28)29-4)15(3)24-23-25-18-9-7-8-10-19(18)27(21)23/h7-14,21H,5-6H2,1-4H3,(H,24,25)/t21-/m0/s1. The molecule has 150 valence electrons. The van der Waals surface area contributed by atoms with Crippen molar-refractivity contribution >= 4 is 28.6 Å². The van der Waals surface area contributed by atoms with Gasteiger partial charge in [0.2, 0.25) is 5.95 Å². The number of hydrogen-bond acceptors (Lipinski definition) is 5. The lowest BCUT2D eigenvalue weighted by molar-refractivity contribution is -0.136. The molecule has 1 aliphatic rings. The molecular formula is C23H26N4O2. The molecule has 0 saturated carbocycles. The van der Waals surface area contributed by atoms with Crippen molar-refractivity contribution in [2.45, 2.75) is 26.8 Å². The summed E-state index contributed by atoms with van der Waals surface area (Å²) in [5.74, 6) is 0.394. The van der Waals surface area contributed by atoms with E-state index in [1.807, 2.05) is 31.2 Å². The number of allylic oxidation sites excluding steroid dienone is 1. The van der Waals surface area contributed by atoms with Gasteiger partial charge in [-0.05, 0) is 50.6 Å². The Kier molecular flexibility index (Phi) is 5.01. The van der Waals surface area contributed by atoms with Crippen molar-refractivity contribution in [2.24, 2.45) is 0 Å². The molecule has 0 bridgehead atoms. The number of para-hydroxylation sites is 2. The quantitative estimate of drug-likeness (QED) is 0.657. The highest BCUT2D eigenvalue weighted by molar-refractivity contribution is 5.94. The van der Waals surface area contributed by atoms with E-state index < -0.39 is 0 Å². The first-order valence-electron chi connectivity index (χ1n) is 9.97. The van der Waals surface area contributed by atoms with Gasteiger partial charge in [0.05, 0.1) is 29.8 Å². The van der Waals surface area contributed by atoms with Gasteiger partial charge in [-0.2, -0.15) is 0 Å². The Morgan fingerprint density at radius 1 is 1.14 bits per heavy atom. The number of fused-ring (bicyclic) bond motifs is 3. The molecule has 6 nitrogen and oxygen atoms in total. The van der Waals surface area contributed by atoms with E-state index >= 15 is 0 Å². The van der Waals surface area contributed by atoms with Crippen LogP contribution < -0.4 is 10.2 Å². The largest absolute Gasteiger partial charge is 0.466 e. The van der Waals surface area contributed by atoms with Gasteiger partial charge in [-0.15, -0.1) is 0 Å². The number of ether oxygens (including phenoxy) is 1. The Balaban J connectivity index is 1.89. The topological polar surface area (TPSA) is 59.4 Å². The third kappa shape index (κ3) is 3.14. The molecule has 3 aromatic rings. The number of benzene rings is 2. The van der Waals surface area contributed by atoms with Gasteiger partial charge >= 0.3 is 5.97 Å². The van der Waals surface area contributed by atoms with Gasteiger partial charge in [-0.1, -0.05) is 24.3 Å². The number of nitrogens with zero attached hydrogens (tertiary/aromatic N) is 3. The summed E-state index contributed by atoms with van der Waals surface area (Å²) in [4.78, 5) is 19.8.